The van der Waals surface area contributed by atoms with Gasteiger partial charge in [0.2, 0.25) is 0 Å². The van der Waals surface area contributed by atoms with Crippen LogP contribution in [-0.2, 0) is 11.3 Å². The van der Waals surface area contributed by atoms with E-state index in [0.717, 1.165) is 35.9 Å². The Morgan fingerprint density at radius 1 is 1.11 bits per heavy atom. The number of anilines is 1. The SMILES string of the molecule is CCCCn1c(C(=O)Nc2cccc(C(=O)OC)c2)c(C)c2ccccc21. The van der Waals surface area contributed by atoms with Crippen LogP contribution in [0.4, 0.5) is 5.69 Å². The molecule has 0 bridgehead atoms. The Morgan fingerprint density at radius 3 is 2.63 bits per heavy atom. The molecule has 5 heteroatoms. The van der Waals surface area contributed by atoms with Crippen molar-refractivity contribution in [3.8, 4) is 0 Å². The standard InChI is InChI=1S/C22H24N2O3/c1-4-5-13-24-19-12-7-6-11-18(19)15(2)20(24)21(25)23-17-10-8-9-16(14-17)22(26)27-3/h6-12,14H,4-5,13H2,1-3H3,(H,23,25). The van der Waals surface area contributed by atoms with E-state index in [2.05, 4.69) is 16.8 Å². The molecular weight excluding hydrogens is 340 g/mol. The quantitative estimate of drug-likeness (QED) is 0.640. The van der Waals surface area contributed by atoms with Crippen molar-refractivity contribution >= 4 is 28.5 Å². The van der Waals surface area contributed by atoms with Crippen molar-refractivity contribution in [2.24, 2.45) is 0 Å². The normalized spacial score (nSPS) is 10.8. The van der Waals surface area contributed by atoms with Gasteiger partial charge in [-0.3, -0.25) is 4.79 Å². The van der Waals surface area contributed by atoms with Gasteiger partial charge < -0.3 is 14.6 Å². The number of aromatic nitrogens is 1. The number of para-hydroxylation sites is 1. The van der Waals surface area contributed by atoms with Gasteiger partial charge in [0.1, 0.15) is 5.69 Å². The molecule has 140 valence electrons. The average molecular weight is 364 g/mol. The molecular formula is C22H24N2O3. The van der Waals surface area contributed by atoms with E-state index < -0.39 is 5.97 Å². The van der Waals surface area contributed by atoms with Gasteiger partial charge >= 0.3 is 5.97 Å². The fraction of sp³-hybridized carbons (Fsp3) is 0.273. The number of fused-ring (bicyclic) bond motifs is 1. The molecule has 0 radical (unpaired) electrons. The van der Waals surface area contributed by atoms with E-state index in [1.807, 2.05) is 31.2 Å². The van der Waals surface area contributed by atoms with Crippen LogP contribution in [0, 0.1) is 6.92 Å². The molecule has 1 N–H and O–H groups in total. The van der Waals surface area contributed by atoms with Gasteiger partial charge in [-0.2, -0.15) is 0 Å². The summed E-state index contributed by atoms with van der Waals surface area (Å²) in [5.41, 5.74) is 3.65. The van der Waals surface area contributed by atoms with Crippen LogP contribution in [0.5, 0.6) is 0 Å². The van der Waals surface area contributed by atoms with Crippen molar-refractivity contribution in [1.82, 2.24) is 4.57 Å². The number of carbonyl (C=O) groups is 2. The molecule has 1 heterocycles. The number of nitrogens with one attached hydrogen (secondary N) is 1. The Kier molecular flexibility index (Phi) is 5.60. The molecule has 27 heavy (non-hydrogen) atoms. The fourth-order valence-electron chi connectivity index (χ4n) is 3.35. The number of nitrogens with zero attached hydrogens (tertiary/aromatic N) is 1. The van der Waals surface area contributed by atoms with E-state index in [-0.39, 0.29) is 5.91 Å². The number of unbranched alkanes of at least 4 members (excludes halogenated alkanes) is 1. The summed E-state index contributed by atoms with van der Waals surface area (Å²) in [4.78, 5) is 24.8. The zero-order valence-electron chi connectivity index (χ0n) is 15.9. The summed E-state index contributed by atoms with van der Waals surface area (Å²) in [6.07, 6.45) is 2.05. The van der Waals surface area contributed by atoms with Crippen LogP contribution < -0.4 is 5.32 Å². The first-order chi connectivity index (χ1) is 13.1. The maximum atomic E-state index is 13.1. The average Bonchev–Trinajstić information content (AvgIpc) is 2.98. The van der Waals surface area contributed by atoms with Crippen LogP contribution in [0.15, 0.2) is 48.5 Å². The number of hydrogen-bond donors (Lipinski definition) is 1. The second-order valence-corrected chi connectivity index (χ2v) is 6.52. The highest BCUT2D eigenvalue weighted by Gasteiger charge is 2.20. The largest absolute Gasteiger partial charge is 0.465 e. The number of hydrogen-bond acceptors (Lipinski definition) is 3. The van der Waals surface area contributed by atoms with E-state index in [0.29, 0.717) is 16.9 Å². The minimum Gasteiger partial charge on any atom is -0.465 e. The van der Waals surface area contributed by atoms with Gasteiger partial charge in [-0.15, -0.1) is 0 Å². The van der Waals surface area contributed by atoms with Crippen LogP contribution in [0.2, 0.25) is 0 Å². The molecule has 0 saturated heterocycles. The highest BCUT2D eigenvalue weighted by Crippen LogP contribution is 2.27. The van der Waals surface area contributed by atoms with Gasteiger partial charge in [0.15, 0.2) is 0 Å². The molecule has 1 aromatic heterocycles. The van der Waals surface area contributed by atoms with Gasteiger partial charge in [-0.25, -0.2) is 4.79 Å². The van der Waals surface area contributed by atoms with Crippen molar-refractivity contribution < 1.29 is 14.3 Å². The van der Waals surface area contributed by atoms with Gasteiger partial charge in [-0.05, 0) is 43.2 Å². The third-order valence-electron chi connectivity index (χ3n) is 4.72. The van der Waals surface area contributed by atoms with Crippen LogP contribution in [0.3, 0.4) is 0 Å². The predicted molar refractivity (Wildman–Crippen MR) is 107 cm³/mol. The summed E-state index contributed by atoms with van der Waals surface area (Å²) in [5, 5.41) is 4.01. The predicted octanol–water partition coefficient (Wildman–Crippen LogP) is 4.79. The van der Waals surface area contributed by atoms with Gasteiger partial charge in [0.25, 0.3) is 5.91 Å². The molecule has 3 rings (SSSR count). The topological polar surface area (TPSA) is 60.3 Å². The number of esters is 1. The molecule has 3 aromatic rings. The number of amides is 1. The summed E-state index contributed by atoms with van der Waals surface area (Å²) in [5.74, 6) is -0.610. The number of benzene rings is 2. The van der Waals surface area contributed by atoms with Crippen molar-refractivity contribution in [3.05, 3.63) is 65.4 Å². The Balaban J connectivity index is 1.98. The Bertz CT molecular complexity index is 988. The first kappa shape index (κ1) is 18.7. The van der Waals surface area contributed by atoms with Crippen molar-refractivity contribution in [2.45, 2.75) is 33.2 Å². The molecule has 2 aromatic carbocycles. The van der Waals surface area contributed by atoms with Crippen molar-refractivity contribution in [3.63, 3.8) is 0 Å². The lowest BCUT2D eigenvalue weighted by atomic mass is 10.1. The van der Waals surface area contributed by atoms with Gasteiger partial charge in [-0.1, -0.05) is 37.6 Å². The lowest BCUT2D eigenvalue weighted by Crippen LogP contribution is -2.18. The van der Waals surface area contributed by atoms with Crippen LogP contribution in [-0.4, -0.2) is 23.6 Å². The molecule has 0 aliphatic heterocycles. The van der Waals surface area contributed by atoms with E-state index in [1.54, 1.807) is 24.3 Å². The van der Waals surface area contributed by atoms with Crippen LogP contribution in [0.1, 0.15) is 46.2 Å². The summed E-state index contributed by atoms with van der Waals surface area (Å²) in [7, 11) is 1.34. The molecule has 0 spiro atoms. The second kappa shape index (κ2) is 8.08. The first-order valence-corrected chi connectivity index (χ1v) is 9.14. The molecule has 0 aliphatic carbocycles. The molecule has 5 nitrogen and oxygen atoms in total. The molecule has 0 unspecified atom stereocenters. The minimum absolute atomic E-state index is 0.179. The summed E-state index contributed by atoms with van der Waals surface area (Å²) >= 11 is 0. The molecule has 0 aliphatic rings. The Hall–Kier alpha value is -3.08. The lowest BCUT2D eigenvalue weighted by molar-refractivity contribution is 0.0600. The lowest BCUT2D eigenvalue weighted by Gasteiger charge is -2.12. The summed E-state index contributed by atoms with van der Waals surface area (Å²) in [6, 6.07) is 14.8. The van der Waals surface area contributed by atoms with Gasteiger partial charge in [0, 0.05) is 23.1 Å². The smallest absolute Gasteiger partial charge is 0.337 e. The van der Waals surface area contributed by atoms with Crippen molar-refractivity contribution in [2.75, 3.05) is 12.4 Å². The maximum Gasteiger partial charge on any atom is 0.337 e. The van der Waals surface area contributed by atoms with Crippen molar-refractivity contribution in [1.29, 1.82) is 0 Å². The summed E-state index contributed by atoms with van der Waals surface area (Å²) in [6.45, 7) is 4.90. The summed E-state index contributed by atoms with van der Waals surface area (Å²) < 4.78 is 6.84. The van der Waals surface area contributed by atoms with E-state index in [1.165, 1.54) is 7.11 Å². The second-order valence-electron chi connectivity index (χ2n) is 6.52. The maximum absolute atomic E-state index is 13.1. The molecule has 1 amide bonds. The number of aryl methyl sites for hydroxylation is 2. The number of methoxy groups -OCH3 is 1. The molecule has 0 atom stereocenters. The van der Waals surface area contributed by atoms with E-state index >= 15 is 0 Å². The van der Waals surface area contributed by atoms with Crippen LogP contribution >= 0.6 is 0 Å². The fourth-order valence-corrected chi connectivity index (χ4v) is 3.35. The third kappa shape index (κ3) is 3.72. The molecule has 0 fully saturated rings. The highest BCUT2D eigenvalue weighted by molar-refractivity contribution is 6.08. The third-order valence-corrected chi connectivity index (χ3v) is 4.72. The number of carbonyl (C=O) groups excluding carboxylic acids is 2. The highest BCUT2D eigenvalue weighted by atomic mass is 16.5. The first-order valence-electron chi connectivity index (χ1n) is 9.14. The minimum atomic E-state index is -0.431. The number of ether oxygens (including phenoxy) is 1. The van der Waals surface area contributed by atoms with E-state index in [9.17, 15) is 9.59 Å². The molecule has 0 saturated carbocycles. The monoisotopic (exact) mass is 364 g/mol. The van der Waals surface area contributed by atoms with E-state index in [4.69, 9.17) is 4.74 Å². The zero-order valence-corrected chi connectivity index (χ0v) is 15.9. The van der Waals surface area contributed by atoms with Gasteiger partial charge in [0.05, 0.1) is 12.7 Å². The number of rotatable bonds is 6. The zero-order chi connectivity index (χ0) is 19.4. The Morgan fingerprint density at radius 2 is 1.89 bits per heavy atom. The van der Waals surface area contributed by atoms with Crippen LogP contribution in [0.25, 0.3) is 10.9 Å². The Labute approximate surface area is 158 Å².